The molecule has 0 aliphatic rings. The number of carbonyl (C=O) groups is 1. The van der Waals surface area contributed by atoms with Crippen molar-refractivity contribution >= 4 is 29.6 Å². The topological polar surface area (TPSA) is 80.2 Å². The molecule has 0 aromatic carbocycles. The lowest BCUT2D eigenvalue weighted by Crippen LogP contribution is -2.18. The molecular formula is C11H19N5O2S. The van der Waals surface area contributed by atoms with Gasteiger partial charge in [-0.2, -0.15) is 15.0 Å². The van der Waals surface area contributed by atoms with E-state index in [0.717, 1.165) is 0 Å². The Balaban J connectivity index is 2.95. The number of nitrogens with one attached hydrogen (secondary N) is 1. The van der Waals surface area contributed by atoms with Gasteiger partial charge in [-0.15, -0.1) is 0 Å². The molecule has 1 rings (SSSR count). The number of methoxy groups -OCH3 is 1. The third-order valence-electron chi connectivity index (χ3n) is 2.15. The number of hydrogen-bond donors (Lipinski definition) is 1. The van der Waals surface area contributed by atoms with Gasteiger partial charge >= 0.3 is 5.97 Å². The summed E-state index contributed by atoms with van der Waals surface area (Å²) in [5.74, 6) is 0.744. The van der Waals surface area contributed by atoms with Crippen LogP contribution in [0.15, 0.2) is 5.16 Å². The zero-order valence-electron chi connectivity index (χ0n) is 11.8. The van der Waals surface area contributed by atoms with Gasteiger partial charge in [0.1, 0.15) is 5.25 Å². The smallest absolute Gasteiger partial charge is 0.318 e. The monoisotopic (exact) mass is 285 g/mol. The third-order valence-corrected chi connectivity index (χ3v) is 3.09. The molecule has 1 aromatic heterocycles. The SMILES string of the molecule is CCNc1nc(SC(C)C(=O)OC)nc(N(C)C)n1. The highest BCUT2D eigenvalue weighted by Gasteiger charge is 2.18. The maximum absolute atomic E-state index is 11.4. The zero-order chi connectivity index (χ0) is 14.4. The van der Waals surface area contributed by atoms with Crippen LogP contribution < -0.4 is 10.2 Å². The van der Waals surface area contributed by atoms with Crippen LogP contribution in [0.4, 0.5) is 11.9 Å². The van der Waals surface area contributed by atoms with E-state index in [4.69, 9.17) is 0 Å². The maximum atomic E-state index is 11.4. The van der Waals surface area contributed by atoms with Gasteiger partial charge in [0.05, 0.1) is 7.11 Å². The van der Waals surface area contributed by atoms with Gasteiger partial charge in [0.25, 0.3) is 0 Å². The minimum atomic E-state index is -0.364. The molecule has 1 aromatic rings. The van der Waals surface area contributed by atoms with Crippen molar-refractivity contribution in [3.63, 3.8) is 0 Å². The lowest BCUT2D eigenvalue weighted by molar-refractivity contribution is -0.139. The summed E-state index contributed by atoms with van der Waals surface area (Å²) >= 11 is 1.24. The van der Waals surface area contributed by atoms with Gasteiger partial charge < -0.3 is 15.0 Å². The summed E-state index contributed by atoms with van der Waals surface area (Å²) in [6.45, 7) is 4.43. The first-order chi connectivity index (χ1) is 8.97. The van der Waals surface area contributed by atoms with Gasteiger partial charge in [-0.25, -0.2) is 0 Å². The quantitative estimate of drug-likeness (QED) is 0.613. The average molecular weight is 285 g/mol. The van der Waals surface area contributed by atoms with Crippen molar-refractivity contribution in [2.75, 3.05) is 38.0 Å². The average Bonchev–Trinajstić information content (AvgIpc) is 2.37. The first-order valence-corrected chi connectivity index (χ1v) is 6.77. The molecule has 0 amide bonds. The van der Waals surface area contributed by atoms with Gasteiger partial charge in [-0.05, 0) is 13.8 Å². The molecule has 0 aliphatic heterocycles. The van der Waals surface area contributed by atoms with Crippen molar-refractivity contribution in [1.29, 1.82) is 0 Å². The number of carbonyl (C=O) groups excluding carboxylic acids is 1. The summed E-state index contributed by atoms with van der Waals surface area (Å²) in [5, 5.41) is 3.17. The van der Waals surface area contributed by atoms with E-state index in [-0.39, 0.29) is 11.2 Å². The Morgan fingerprint density at radius 3 is 2.63 bits per heavy atom. The molecule has 0 fully saturated rings. The molecule has 19 heavy (non-hydrogen) atoms. The van der Waals surface area contributed by atoms with Gasteiger partial charge in [0, 0.05) is 20.6 Å². The molecule has 1 atom stereocenters. The minimum absolute atomic E-state index is 0.304. The molecule has 7 nitrogen and oxygen atoms in total. The Hall–Kier alpha value is -1.57. The Labute approximate surface area is 117 Å². The summed E-state index contributed by atoms with van der Waals surface area (Å²) in [4.78, 5) is 26.0. The molecule has 1 N–H and O–H groups in total. The highest BCUT2D eigenvalue weighted by atomic mass is 32.2. The van der Waals surface area contributed by atoms with Crippen LogP contribution in [0.5, 0.6) is 0 Å². The first-order valence-electron chi connectivity index (χ1n) is 5.89. The van der Waals surface area contributed by atoms with E-state index >= 15 is 0 Å². The second-order valence-corrected chi connectivity index (χ2v) is 5.26. The standard InChI is InChI=1S/C11H19N5O2S/c1-6-12-9-13-10(16(3)4)15-11(14-9)19-7(2)8(17)18-5/h7H,6H2,1-5H3,(H,12,13,14,15). The number of rotatable bonds is 6. The molecule has 0 saturated carbocycles. The number of thioether (sulfide) groups is 1. The van der Waals surface area contributed by atoms with Crippen LogP contribution >= 0.6 is 11.8 Å². The van der Waals surface area contributed by atoms with Gasteiger partial charge in [0.15, 0.2) is 5.16 Å². The van der Waals surface area contributed by atoms with E-state index in [1.54, 1.807) is 11.8 Å². The lowest BCUT2D eigenvalue weighted by atomic mass is 10.5. The molecule has 1 unspecified atom stereocenters. The van der Waals surface area contributed by atoms with Gasteiger partial charge in [0.2, 0.25) is 11.9 Å². The summed E-state index contributed by atoms with van der Waals surface area (Å²) in [6, 6.07) is 0. The molecule has 0 aliphatic carbocycles. The molecule has 0 saturated heterocycles. The van der Waals surface area contributed by atoms with Crippen molar-refractivity contribution in [3.8, 4) is 0 Å². The van der Waals surface area contributed by atoms with Crippen LogP contribution in [0.25, 0.3) is 0 Å². The van der Waals surface area contributed by atoms with E-state index in [1.807, 2.05) is 21.0 Å². The predicted molar refractivity (Wildman–Crippen MR) is 75.7 cm³/mol. The Kier molecular flexibility index (Phi) is 5.81. The van der Waals surface area contributed by atoms with Gasteiger partial charge in [-0.3, -0.25) is 4.79 Å². The maximum Gasteiger partial charge on any atom is 0.318 e. The first kappa shape index (κ1) is 15.5. The molecule has 106 valence electrons. The van der Waals surface area contributed by atoms with Crippen molar-refractivity contribution in [1.82, 2.24) is 15.0 Å². The van der Waals surface area contributed by atoms with E-state index in [9.17, 15) is 4.79 Å². The number of esters is 1. The number of ether oxygens (including phenoxy) is 1. The van der Waals surface area contributed by atoms with E-state index < -0.39 is 0 Å². The van der Waals surface area contributed by atoms with E-state index in [1.165, 1.54) is 18.9 Å². The Bertz CT molecular complexity index is 441. The number of anilines is 2. The molecule has 1 heterocycles. The molecule has 0 radical (unpaired) electrons. The highest BCUT2D eigenvalue weighted by Crippen LogP contribution is 2.22. The zero-order valence-corrected chi connectivity index (χ0v) is 12.6. The molecule has 0 spiro atoms. The van der Waals surface area contributed by atoms with Crippen molar-refractivity contribution in [2.24, 2.45) is 0 Å². The number of nitrogens with zero attached hydrogens (tertiary/aromatic N) is 4. The van der Waals surface area contributed by atoms with Crippen LogP contribution in [0.3, 0.4) is 0 Å². The van der Waals surface area contributed by atoms with Crippen molar-refractivity contribution in [3.05, 3.63) is 0 Å². The molecular weight excluding hydrogens is 266 g/mol. The second-order valence-electron chi connectivity index (χ2n) is 3.95. The summed E-state index contributed by atoms with van der Waals surface area (Å²) in [6.07, 6.45) is 0. The summed E-state index contributed by atoms with van der Waals surface area (Å²) < 4.78 is 4.68. The minimum Gasteiger partial charge on any atom is -0.468 e. The van der Waals surface area contributed by atoms with Crippen molar-refractivity contribution in [2.45, 2.75) is 24.3 Å². The van der Waals surface area contributed by atoms with E-state index in [0.29, 0.717) is 23.6 Å². The number of hydrogen-bond acceptors (Lipinski definition) is 8. The fourth-order valence-corrected chi connectivity index (χ4v) is 1.99. The van der Waals surface area contributed by atoms with Crippen LogP contribution in [0.1, 0.15) is 13.8 Å². The Morgan fingerprint density at radius 1 is 1.42 bits per heavy atom. The van der Waals surface area contributed by atoms with Crippen molar-refractivity contribution < 1.29 is 9.53 Å². The predicted octanol–water partition coefficient (Wildman–Crippen LogP) is 1.02. The fraction of sp³-hybridized carbons (Fsp3) is 0.636. The fourth-order valence-electron chi connectivity index (χ4n) is 1.21. The third kappa shape index (κ3) is 4.55. The Morgan fingerprint density at radius 2 is 2.11 bits per heavy atom. The highest BCUT2D eigenvalue weighted by molar-refractivity contribution is 8.00. The lowest BCUT2D eigenvalue weighted by Gasteiger charge is -2.14. The van der Waals surface area contributed by atoms with E-state index in [2.05, 4.69) is 25.0 Å². The van der Waals surface area contributed by atoms with Crippen LogP contribution in [-0.4, -0.2) is 53.9 Å². The summed E-state index contributed by atoms with van der Waals surface area (Å²) in [5.41, 5.74) is 0. The molecule has 8 heteroatoms. The second kappa shape index (κ2) is 7.13. The van der Waals surface area contributed by atoms with Crippen LogP contribution in [0.2, 0.25) is 0 Å². The largest absolute Gasteiger partial charge is 0.468 e. The summed E-state index contributed by atoms with van der Waals surface area (Å²) in [7, 11) is 5.06. The number of aromatic nitrogens is 3. The van der Waals surface area contributed by atoms with Crippen LogP contribution in [-0.2, 0) is 9.53 Å². The van der Waals surface area contributed by atoms with Crippen LogP contribution in [0, 0.1) is 0 Å². The molecule has 0 bridgehead atoms. The van der Waals surface area contributed by atoms with Gasteiger partial charge in [-0.1, -0.05) is 11.8 Å². The normalized spacial score (nSPS) is 11.8.